The molecule has 1 atom stereocenters. The molecule has 0 saturated carbocycles. The van der Waals surface area contributed by atoms with Gasteiger partial charge >= 0.3 is 0 Å². The van der Waals surface area contributed by atoms with Crippen molar-refractivity contribution in [2.24, 2.45) is 0 Å². The third-order valence-corrected chi connectivity index (χ3v) is 3.94. The van der Waals surface area contributed by atoms with E-state index < -0.39 is 0 Å². The summed E-state index contributed by atoms with van der Waals surface area (Å²) in [6.07, 6.45) is 3.55. The first kappa shape index (κ1) is 15.3. The minimum Gasteiger partial charge on any atom is -0.380 e. The lowest BCUT2D eigenvalue weighted by Crippen LogP contribution is -2.37. The highest BCUT2D eigenvalue weighted by Gasteiger charge is 2.23. The Labute approximate surface area is 123 Å². The van der Waals surface area contributed by atoms with Crippen LogP contribution >= 0.6 is 0 Å². The molecular weight excluding hydrogens is 248 g/mol. The molecule has 0 fully saturated rings. The lowest BCUT2D eigenvalue weighted by molar-refractivity contribution is 0.136. The lowest BCUT2D eigenvalue weighted by Gasteiger charge is -2.36. The number of unbranched alkanes of at least 4 members (excludes halogenated alkanes) is 1. The number of ether oxygens (including phenoxy) is 1. The molecule has 3 heteroatoms. The summed E-state index contributed by atoms with van der Waals surface area (Å²) >= 11 is 0. The van der Waals surface area contributed by atoms with Crippen LogP contribution in [-0.4, -0.2) is 32.8 Å². The average Bonchev–Trinajstić information content (AvgIpc) is 2.49. The zero-order valence-corrected chi connectivity index (χ0v) is 12.9. The molecule has 0 saturated heterocycles. The number of anilines is 1. The molecular formula is C17H28N2O. The van der Waals surface area contributed by atoms with E-state index in [0.29, 0.717) is 6.04 Å². The maximum Gasteiger partial charge on any atom is 0.0641 e. The standard InChI is InChI=1S/C17H28N2O/c1-3-5-13-20-14-12-19-11-10-16(18-4-2)15-8-6-7-9-17(15)19/h6-9,16,18H,3-5,10-14H2,1-2H3. The molecule has 1 aliphatic heterocycles. The zero-order valence-electron chi connectivity index (χ0n) is 12.9. The van der Waals surface area contributed by atoms with Gasteiger partial charge in [0.25, 0.3) is 0 Å². The SMILES string of the molecule is CCCCOCCN1CCC(NCC)c2ccccc21. The summed E-state index contributed by atoms with van der Waals surface area (Å²) in [6, 6.07) is 9.29. The van der Waals surface area contributed by atoms with Gasteiger partial charge in [-0.05, 0) is 31.0 Å². The van der Waals surface area contributed by atoms with E-state index in [4.69, 9.17) is 4.74 Å². The van der Waals surface area contributed by atoms with Gasteiger partial charge in [0.1, 0.15) is 0 Å². The van der Waals surface area contributed by atoms with Gasteiger partial charge in [-0.2, -0.15) is 0 Å². The van der Waals surface area contributed by atoms with Crippen molar-refractivity contribution >= 4 is 5.69 Å². The normalized spacial score (nSPS) is 18.1. The molecule has 3 nitrogen and oxygen atoms in total. The number of fused-ring (bicyclic) bond motifs is 1. The third-order valence-electron chi connectivity index (χ3n) is 3.94. The van der Waals surface area contributed by atoms with Crippen molar-refractivity contribution in [3.63, 3.8) is 0 Å². The monoisotopic (exact) mass is 276 g/mol. The summed E-state index contributed by atoms with van der Waals surface area (Å²) < 4.78 is 5.71. The van der Waals surface area contributed by atoms with E-state index in [0.717, 1.165) is 32.8 Å². The van der Waals surface area contributed by atoms with E-state index in [-0.39, 0.29) is 0 Å². The molecule has 0 bridgehead atoms. The van der Waals surface area contributed by atoms with Crippen molar-refractivity contribution in [3.8, 4) is 0 Å². The Morgan fingerprint density at radius 2 is 2.10 bits per heavy atom. The van der Waals surface area contributed by atoms with Gasteiger partial charge < -0.3 is 15.0 Å². The van der Waals surface area contributed by atoms with Crippen LogP contribution in [0.1, 0.15) is 44.7 Å². The van der Waals surface area contributed by atoms with Crippen molar-refractivity contribution < 1.29 is 4.74 Å². The summed E-state index contributed by atoms with van der Waals surface area (Å²) in [5.41, 5.74) is 2.82. The second-order valence-electron chi connectivity index (χ2n) is 5.41. The smallest absolute Gasteiger partial charge is 0.0641 e. The fraction of sp³-hybridized carbons (Fsp3) is 0.647. The number of hydrogen-bond donors (Lipinski definition) is 1. The number of benzene rings is 1. The number of rotatable bonds is 8. The fourth-order valence-corrected chi connectivity index (χ4v) is 2.84. The van der Waals surface area contributed by atoms with Gasteiger partial charge in [-0.25, -0.2) is 0 Å². The van der Waals surface area contributed by atoms with Crippen LogP contribution in [0.15, 0.2) is 24.3 Å². The maximum absolute atomic E-state index is 5.71. The zero-order chi connectivity index (χ0) is 14.2. The maximum atomic E-state index is 5.71. The minimum atomic E-state index is 0.508. The van der Waals surface area contributed by atoms with E-state index in [2.05, 4.69) is 48.3 Å². The first-order valence-corrected chi connectivity index (χ1v) is 8.01. The molecule has 1 N–H and O–H groups in total. The Kier molecular flexibility index (Phi) is 6.34. The topological polar surface area (TPSA) is 24.5 Å². The third kappa shape index (κ3) is 3.97. The number of para-hydroxylation sites is 1. The number of nitrogens with one attached hydrogen (secondary N) is 1. The minimum absolute atomic E-state index is 0.508. The summed E-state index contributed by atoms with van der Waals surface area (Å²) in [6.45, 7) is 9.25. The second-order valence-corrected chi connectivity index (χ2v) is 5.41. The van der Waals surface area contributed by atoms with Crippen LogP contribution in [0.2, 0.25) is 0 Å². The molecule has 0 aliphatic carbocycles. The molecule has 1 heterocycles. The Hall–Kier alpha value is -1.06. The molecule has 0 spiro atoms. The summed E-state index contributed by atoms with van der Waals surface area (Å²) in [5.74, 6) is 0. The van der Waals surface area contributed by atoms with Crippen LogP contribution in [-0.2, 0) is 4.74 Å². The molecule has 1 unspecified atom stereocenters. The molecule has 20 heavy (non-hydrogen) atoms. The van der Waals surface area contributed by atoms with Crippen molar-refractivity contribution in [1.29, 1.82) is 0 Å². The average molecular weight is 276 g/mol. The summed E-state index contributed by atoms with van der Waals surface area (Å²) in [7, 11) is 0. The van der Waals surface area contributed by atoms with E-state index in [1.807, 2.05) is 0 Å². The molecule has 2 rings (SSSR count). The molecule has 0 radical (unpaired) electrons. The predicted molar refractivity (Wildman–Crippen MR) is 85.4 cm³/mol. The van der Waals surface area contributed by atoms with E-state index >= 15 is 0 Å². The quantitative estimate of drug-likeness (QED) is 0.737. The predicted octanol–water partition coefficient (Wildman–Crippen LogP) is 3.36. The van der Waals surface area contributed by atoms with E-state index in [9.17, 15) is 0 Å². The highest BCUT2D eigenvalue weighted by Crippen LogP contribution is 2.33. The van der Waals surface area contributed by atoms with Gasteiger partial charge in [0, 0.05) is 31.4 Å². The second kappa shape index (κ2) is 8.28. The Morgan fingerprint density at radius 3 is 2.90 bits per heavy atom. The van der Waals surface area contributed by atoms with Crippen molar-refractivity contribution in [2.75, 3.05) is 37.7 Å². The van der Waals surface area contributed by atoms with Crippen molar-refractivity contribution in [1.82, 2.24) is 5.32 Å². The van der Waals surface area contributed by atoms with Crippen LogP contribution in [0.4, 0.5) is 5.69 Å². The molecule has 1 aliphatic rings. The van der Waals surface area contributed by atoms with Crippen LogP contribution < -0.4 is 10.2 Å². The first-order chi connectivity index (χ1) is 9.86. The number of nitrogens with zero attached hydrogens (tertiary/aromatic N) is 1. The van der Waals surface area contributed by atoms with E-state index in [1.54, 1.807) is 0 Å². The van der Waals surface area contributed by atoms with E-state index in [1.165, 1.54) is 30.5 Å². The van der Waals surface area contributed by atoms with Gasteiger partial charge in [0.2, 0.25) is 0 Å². The largest absolute Gasteiger partial charge is 0.380 e. The van der Waals surface area contributed by atoms with Gasteiger partial charge in [0.15, 0.2) is 0 Å². The number of hydrogen-bond acceptors (Lipinski definition) is 3. The Balaban J connectivity index is 1.93. The van der Waals surface area contributed by atoms with Gasteiger partial charge in [-0.1, -0.05) is 38.5 Å². The molecule has 1 aromatic rings. The summed E-state index contributed by atoms with van der Waals surface area (Å²) in [5, 5.41) is 3.59. The highest BCUT2D eigenvalue weighted by molar-refractivity contribution is 5.56. The summed E-state index contributed by atoms with van der Waals surface area (Å²) in [4.78, 5) is 2.47. The van der Waals surface area contributed by atoms with Crippen LogP contribution in [0.25, 0.3) is 0 Å². The van der Waals surface area contributed by atoms with Crippen molar-refractivity contribution in [2.45, 2.75) is 39.2 Å². The Bertz CT molecular complexity index is 394. The van der Waals surface area contributed by atoms with Gasteiger partial charge in [-0.3, -0.25) is 0 Å². The van der Waals surface area contributed by atoms with Crippen molar-refractivity contribution in [3.05, 3.63) is 29.8 Å². The lowest BCUT2D eigenvalue weighted by atomic mass is 9.96. The Morgan fingerprint density at radius 1 is 1.25 bits per heavy atom. The van der Waals surface area contributed by atoms with Gasteiger partial charge in [-0.15, -0.1) is 0 Å². The van der Waals surface area contributed by atoms with Gasteiger partial charge in [0.05, 0.1) is 6.61 Å². The van der Waals surface area contributed by atoms with Crippen LogP contribution in [0.5, 0.6) is 0 Å². The molecule has 112 valence electrons. The molecule has 1 aromatic carbocycles. The fourth-order valence-electron chi connectivity index (χ4n) is 2.84. The van der Waals surface area contributed by atoms with Crippen LogP contribution in [0, 0.1) is 0 Å². The van der Waals surface area contributed by atoms with Crippen LogP contribution in [0.3, 0.4) is 0 Å². The molecule has 0 aromatic heterocycles. The highest BCUT2D eigenvalue weighted by atomic mass is 16.5. The first-order valence-electron chi connectivity index (χ1n) is 8.01. The molecule has 0 amide bonds.